The Morgan fingerprint density at radius 1 is 1.53 bits per heavy atom. The summed E-state index contributed by atoms with van der Waals surface area (Å²) >= 11 is 5.90. The lowest BCUT2D eigenvalue weighted by Crippen LogP contribution is -2.40. The van der Waals surface area contributed by atoms with Crippen LogP contribution in [0, 0.1) is 0 Å². The number of nitrogens with zero attached hydrogens (tertiary/aromatic N) is 1. The zero-order valence-corrected chi connectivity index (χ0v) is 9.81. The summed E-state index contributed by atoms with van der Waals surface area (Å²) in [6, 6.07) is 5.14. The Labute approximate surface area is 104 Å². The predicted molar refractivity (Wildman–Crippen MR) is 64.0 cm³/mol. The fourth-order valence-corrected chi connectivity index (χ4v) is 2.60. The summed E-state index contributed by atoms with van der Waals surface area (Å²) in [4.78, 5) is 11.5. The van der Waals surface area contributed by atoms with Crippen LogP contribution in [0.15, 0.2) is 23.4 Å². The molecule has 5 heteroatoms. The first-order chi connectivity index (χ1) is 8.10. The van der Waals surface area contributed by atoms with Crippen molar-refractivity contribution in [2.24, 2.45) is 5.16 Å². The van der Waals surface area contributed by atoms with E-state index in [4.69, 9.17) is 16.8 Å². The Morgan fingerprint density at radius 2 is 2.29 bits per heavy atom. The Bertz CT molecular complexity index is 487. The third-order valence-corrected chi connectivity index (χ3v) is 3.46. The average Bonchev–Trinajstić information content (AvgIpc) is 2.28. The van der Waals surface area contributed by atoms with E-state index in [1.807, 2.05) is 0 Å². The number of hydrogen-bond donors (Lipinski definition) is 2. The Balaban J connectivity index is 2.62. The molecule has 4 nitrogen and oxygen atoms in total. The molecular weight excluding hydrogens is 242 g/mol. The van der Waals surface area contributed by atoms with Gasteiger partial charge >= 0.3 is 5.97 Å². The smallest absolute Gasteiger partial charge is 0.319 e. The molecule has 1 aliphatic carbocycles. The van der Waals surface area contributed by atoms with Crippen LogP contribution in [0.25, 0.3) is 0 Å². The van der Waals surface area contributed by atoms with Crippen LogP contribution in [0.1, 0.15) is 24.0 Å². The summed E-state index contributed by atoms with van der Waals surface area (Å²) in [5.41, 5.74) is 0.344. The second kappa shape index (κ2) is 4.37. The Kier molecular flexibility index (Phi) is 3.07. The fraction of sp³-hybridized carbons (Fsp3) is 0.333. The monoisotopic (exact) mass is 253 g/mol. The van der Waals surface area contributed by atoms with Gasteiger partial charge in [-0.1, -0.05) is 17.7 Å². The van der Waals surface area contributed by atoms with E-state index in [0.29, 0.717) is 17.0 Å². The molecule has 1 aliphatic rings. The van der Waals surface area contributed by atoms with Gasteiger partial charge in [0.2, 0.25) is 0 Å². The number of fused-ring (bicyclic) bond motifs is 1. The number of carboxylic acid groups (broad SMARTS) is 1. The van der Waals surface area contributed by atoms with Crippen molar-refractivity contribution in [2.45, 2.75) is 24.7 Å². The van der Waals surface area contributed by atoms with Crippen LogP contribution >= 0.6 is 11.6 Å². The van der Waals surface area contributed by atoms with Gasteiger partial charge in [-0.05, 0) is 42.5 Å². The normalized spacial score (nSPS) is 23.6. The number of hydrogen-bond acceptors (Lipinski definition) is 3. The van der Waals surface area contributed by atoms with Gasteiger partial charge in [0.05, 0.1) is 6.21 Å². The van der Waals surface area contributed by atoms with E-state index in [1.54, 1.807) is 18.2 Å². The van der Waals surface area contributed by atoms with Crippen LogP contribution in [0.4, 0.5) is 0 Å². The number of aryl methyl sites for hydroxylation is 1. The molecule has 0 heterocycles. The van der Waals surface area contributed by atoms with Gasteiger partial charge in [-0.15, -0.1) is 5.16 Å². The largest absolute Gasteiger partial charge is 0.480 e. The van der Waals surface area contributed by atoms with Crippen molar-refractivity contribution in [3.63, 3.8) is 0 Å². The second-order valence-electron chi connectivity index (χ2n) is 4.18. The van der Waals surface area contributed by atoms with E-state index in [-0.39, 0.29) is 0 Å². The lowest BCUT2D eigenvalue weighted by atomic mass is 9.71. The molecule has 0 bridgehead atoms. The number of halogens is 1. The van der Waals surface area contributed by atoms with Crippen LogP contribution < -0.4 is 0 Å². The number of benzene rings is 1. The fourth-order valence-electron chi connectivity index (χ4n) is 2.41. The third-order valence-electron chi connectivity index (χ3n) is 3.22. The number of oxime groups is 1. The van der Waals surface area contributed by atoms with E-state index < -0.39 is 11.4 Å². The van der Waals surface area contributed by atoms with Gasteiger partial charge in [0.25, 0.3) is 0 Å². The molecule has 0 radical (unpaired) electrons. The maximum Gasteiger partial charge on any atom is 0.319 e. The summed E-state index contributed by atoms with van der Waals surface area (Å²) in [7, 11) is 0. The maximum absolute atomic E-state index is 11.5. The summed E-state index contributed by atoms with van der Waals surface area (Å²) in [5.74, 6) is -1.00. The molecule has 1 aromatic carbocycles. The molecule has 0 aromatic heterocycles. The highest BCUT2D eigenvalue weighted by Gasteiger charge is 2.42. The van der Waals surface area contributed by atoms with Crippen LogP contribution in [0.3, 0.4) is 0 Å². The quantitative estimate of drug-likeness (QED) is 0.483. The molecule has 0 spiro atoms. The molecule has 2 rings (SSSR count). The maximum atomic E-state index is 11.5. The third kappa shape index (κ3) is 1.89. The first kappa shape index (κ1) is 11.9. The first-order valence-electron chi connectivity index (χ1n) is 5.31. The van der Waals surface area contributed by atoms with Crippen molar-refractivity contribution in [1.29, 1.82) is 0 Å². The van der Waals surface area contributed by atoms with E-state index >= 15 is 0 Å². The lowest BCUT2D eigenvalue weighted by molar-refractivity contribution is -0.141. The molecule has 0 saturated heterocycles. The average molecular weight is 254 g/mol. The van der Waals surface area contributed by atoms with Crippen molar-refractivity contribution in [3.8, 4) is 0 Å². The molecule has 1 atom stereocenters. The highest BCUT2D eigenvalue weighted by molar-refractivity contribution is 6.30. The lowest BCUT2D eigenvalue weighted by Gasteiger charge is -2.31. The first-order valence-corrected chi connectivity index (χ1v) is 5.69. The Hall–Kier alpha value is -1.55. The minimum atomic E-state index is -1.23. The van der Waals surface area contributed by atoms with Gasteiger partial charge in [0.15, 0.2) is 0 Å². The van der Waals surface area contributed by atoms with Gasteiger partial charge in [-0.3, -0.25) is 4.79 Å². The van der Waals surface area contributed by atoms with Gasteiger partial charge in [0.1, 0.15) is 5.41 Å². The van der Waals surface area contributed by atoms with Crippen molar-refractivity contribution in [1.82, 2.24) is 0 Å². The Morgan fingerprint density at radius 3 is 2.94 bits per heavy atom. The zero-order valence-electron chi connectivity index (χ0n) is 9.06. The van der Waals surface area contributed by atoms with Gasteiger partial charge in [-0.25, -0.2) is 0 Å². The zero-order chi connectivity index (χ0) is 12.5. The molecule has 0 saturated carbocycles. The SMILES string of the molecule is O=C(O)[C@@]1(/C=N/O)CCCc2cc(Cl)ccc21. The van der Waals surface area contributed by atoms with Crippen molar-refractivity contribution in [2.75, 3.05) is 0 Å². The number of aliphatic carboxylic acids is 1. The summed E-state index contributed by atoms with van der Waals surface area (Å²) in [6.45, 7) is 0. The van der Waals surface area contributed by atoms with Crippen LogP contribution in [0.2, 0.25) is 5.02 Å². The van der Waals surface area contributed by atoms with Crippen molar-refractivity contribution in [3.05, 3.63) is 34.3 Å². The van der Waals surface area contributed by atoms with Crippen LogP contribution in [0.5, 0.6) is 0 Å². The molecule has 0 amide bonds. The molecule has 0 unspecified atom stereocenters. The minimum absolute atomic E-state index is 0.432. The number of rotatable bonds is 2. The number of carbonyl (C=O) groups is 1. The van der Waals surface area contributed by atoms with Crippen molar-refractivity contribution < 1.29 is 15.1 Å². The molecule has 0 fully saturated rings. The van der Waals surface area contributed by atoms with Crippen molar-refractivity contribution >= 4 is 23.8 Å². The highest BCUT2D eigenvalue weighted by Crippen LogP contribution is 2.37. The minimum Gasteiger partial charge on any atom is -0.480 e. The molecule has 0 aliphatic heterocycles. The van der Waals surface area contributed by atoms with E-state index in [2.05, 4.69) is 5.16 Å². The van der Waals surface area contributed by atoms with Gasteiger partial charge < -0.3 is 10.3 Å². The van der Waals surface area contributed by atoms with E-state index in [9.17, 15) is 9.90 Å². The molecular formula is C12H12ClNO3. The van der Waals surface area contributed by atoms with E-state index in [1.165, 1.54) is 0 Å². The topological polar surface area (TPSA) is 69.9 Å². The molecule has 1 aromatic rings. The second-order valence-corrected chi connectivity index (χ2v) is 4.61. The summed E-state index contributed by atoms with van der Waals surface area (Å²) < 4.78 is 0. The summed E-state index contributed by atoms with van der Waals surface area (Å²) in [5, 5.41) is 21.6. The van der Waals surface area contributed by atoms with Gasteiger partial charge in [-0.2, -0.15) is 0 Å². The summed E-state index contributed by atoms with van der Waals surface area (Å²) in [6.07, 6.45) is 3.05. The van der Waals surface area contributed by atoms with E-state index in [0.717, 1.165) is 24.6 Å². The standard InChI is InChI=1S/C12H12ClNO3/c13-9-3-4-10-8(6-9)2-1-5-12(10,7-14-17)11(15)16/h3-4,6-7,17H,1-2,5H2,(H,15,16)/b14-7+/t12-/m1/s1. The van der Waals surface area contributed by atoms with Crippen LogP contribution in [-0.4, -0.2) is 22.5 Å². The van der Waals surface area contributed by atoms with Crippen LogP contribution in [-0.2, 0) is 16.6 Å². The number of carboxylic acids is 1. The molecule has 17 heavy (non-hydrogen) atoms. The van der Waals surface area contributed by atoms with Gasteiger partial charge in [0, 0.05) is 5.02 Å². The molecule has 2 N–H and O–H groups in total. The predicted octanol–water partition coefficient (Wildman–Crippen LogP) is 2.46. The highest BCUT2D eigenvalue weighted by atomic mass is 35.5. The molecule has 90 valence electrons.